The summed E-state index contributed by atoms with van der Waals surface area (Å²) in [6.45, 7) is 7.36. The first-order valence-corrected chi connectivity index (χ1v) is 8.75. The van der Waals surface area contributed by atoms with E-state index in [-0.39, 0.29) is 11.9 Å². The zero-order valence-corrected chi connectivity index (χ0v) is 14.9. The van der Waals surface area contributed by atoms with Crippen molar-refractivity contribution in [2.45, 2.75) is 52.7 Å². The number of imidazole rings is 1. The molecule has 3 rings (SSSR count). The molecule has 132 valence electrons. The lowest BCUT2D eigenvalue weighted by Crippen LogP contribution is -2.29. The van der Waals surface area contributed by atoms with Crippen molar-refractivity contribution in [1.82, 2.24) is 29.6 Å². The van der Waals surface area contributed by atoms with Crippen LogP contribution in [0, 0.1) is 0 Å². The molecule has 7 heteroatoms. The number of aromatic nitrogens is 5. The van der Waals surface area contributed by atoms with E-state index in [2.05, 4.69) is 31.9 Å². The molecule has 0 aliphatic rings. The molecular formula is C18H24N6O. The highest BCUT2D eigenvalue weighted by molar-refractivity contribution is 5.78. The van der Waals surface area contributed by atoms with Gasteiger partial charge in [0.2, 0.25) is 5.91 Å². The molecular weight excluding hydrogens is 316 g/mol. The number of para-hydroxylation sites is 2. The summed E-state index contributed by atoms with van der Waals surface area (Å²) in [5, 5.41) is 7.16. The van der Waals surface area contributed by atoms with Crippen molar-refractivity contribution >= 4 is 16.9 Å². The van der Waals surface area contributed by atoms with Crippen LogP contribution in [0.2, 0.25) is 0 Å². The first-order valence-electron chi connectivity index (χ1n) is 8.75. The molecule has 3 aromatic rings. The smallest absolute Gasteiger partial charge is 0.222 e. The molecule has 7 nitrogen and oxygen atoms in total. The Kier molecular flexibility index (Phi) is 5.11. The average Bonchev–Trinajstić information content (AvgIpc) is 3.23. The molecule has 1 atom stereocenters. The van der Waals surface area contributed by atoms with Crippen molar-refractivity contribution in [3.8, 4) is 0 Å². The van der Waals surface area contributed by atoms with Gasteiger partial charge in [0.1, 0.15) is 18.0 Å². The fourth-order valence-corrected chi connectivity index (χ4v) is 3.09. The number of benzene rings is 1. The second-order valence-corrected chi connectivity index (χ2v) is 6.00. The quantitative estimate of drug-likeness (QED) is 0.717. The molecule has 0 saturated carbocycles. The van der Waals surface area contributed by atoms with Crippen LogP contribution in [0.15, 0.2) is 30.6 Å². The van der Waals surface area contributed by atoms with Gasteiger partial charge >= 0.3 is 0 Å². The summed E-state index contributed by atoms with van der Waals surface area (Å²) in [6, 6.07) is 7.87. The molecule has 0 aliphatic carbocycles. The molecule has 0 radical (unpaired) electrons. The third-order valence-corrected chi connectivity index (χ3v) is 4.32. The maximum Gasteiger partial charge on any atom is 0.222 e. The number of nitrogens with zero attached hydrogens (tertiary/aromatic N) is 5. The lowest BCUT2D eigenvalue weighted by Gasteiger charge is -2.14. The summed E-state index contributed by atoms with van der Waals surface area (Å²) in [5.74, 6) is 1.78. The van der Waals surface area contributed by atoms with Gasteiger partial charge in [-0.2, -0.15) is 5.10 Å². The molecule has 25 heavy (non-hydrogen) atoms. The number of carbonyl (C=O) groups is 1. The number of fused-ring (bicyclic) bond motifs is 1. The van der Waals surface area contributed by atoms with Gasteiger partial charge < -0.3 is 9.88 Å². The third kappa shape index (κ3) is 3.55. The second kappa shape index (κ2) is 7.46. The highest BCUT2D eigenvalue weighted by Gasteiger charge is 2.16. The third-order valence-electron chi connectivity index (χ3n) is 4.32. The fourth-order valence-electron chi connectivity index (χ4n) is 3.09. The monoisotopic (exact) mass is 340 g/mol. The van der Waals surface area contributed by atoms with Crippen molar-refractivity contribution in [3.63, 3.8) is 0 Å². The van der Waals surface area contributed by atoms with Gasteiger partial charge in [0.05, 0.1) is 17.1 Å². The van der Waals surface area contributed by atoms with Gasteiger partial charge in [-0.15, -0.1) is 0 Å². The summed E-state index contributed by atoms with van der Waals surface area (Å²) >= 11 is 0. The highest BCUT2D eigenvalue weighted by Crippen LogP contribution is 2.17. The minimum absolute atomic E-state index is 0.00186. The van der Waals surface area contributed by atoms with Crippen LogP contribution in [-0.4, -0.2) is 30.2 Å². The molecule has 1 aromatic carbocycles. The van der Waals surface area contributed by atoms with E-state index < -0.39 is 0 Å². The molecule has 0 bridgehead atoms. The van der Waals surface area contributed by atoms with Gasteiger partial charge in [-0.25, -0.2) is 14.6 Å². The van der Waals surface area contributed by atoms with Gasteiger partial charge in [0, 0.05) is 25.9 Å². The average molecular weight is 340 g/mol. The van der Waals surface area contributed by atoms with Crippen LogP contribution in [0.3, 0.4) is 0 Å². The van der Waals surface area contributed by atoms with Crippen LogP contribution >= 0.6 is 0 Å². The van der Waals surface area contributed by atoms with Crippen LogP contribution in [0.1, 0.15) is 44.9 Å². The Bertz CT molecular complexity index is 865. The van der Waals surface area contributed by atoms with Crippen molar-refractivity contribution in [2.24, 2.45) is 0 Å². The van der Waals surface area contributed by atoms with Crippen molar-refractivity contribution in [3.05, 3.63) is 42.2 Å². The molecule has 0 fully saturated rings. The lowest BCUT2D eigenvalue weighted by molar-refractivity contribution is -0.122. The molecule has 1 amide bonds. The van der Waals surface area contributed by atoms with Crippen LogP contribution < -0.4 is 5.32 Å². The summed E-state index contributed by atoms with van der Waals surface area (Å²) < 4.78 is 3.93. The summed E-state index contributed by atoms with van der Waals surface area (Å²) in [5.41, 5.74) is 2.05. The van der Waals surface area contributed by atoms with Crippen LogP contribution in [0.5, 0.6) is 0 Å². The zero-order valence-electron chi connectivity index (χ0n) is 14.9. The standard InChI is InChI=1S/C18H24N6O/c1-4-16-22-14-8-6-7-9-15(14)23(16)11-10-17(25)21-13(3)18-19-12-20-24(18)5-2/h6-9,12-13H,4-5,10-11H2,1-3H3,(H,21,25)/t13-/m1/s1. The van der Waals surface area contributed by atoms with Gasteiger partial charge in [-0.05, 0) is 26.0 Å². The predicted octanol–water partition coefficient (Wildman–Crippen LogP) is 2.48. The number of aryl methyl sites for hydroxylation is 3. The van der Waals surface area contributed by atoms with E-state index in [1.165, 1.54) is 6.33 Å². The van der Waals surface area contributed by atoms with Crippen molar-refractivity contribution in [1.29, 1.82) is 0 Å². The molecule has 0 saturated heterocycles. The Hall–Kier alpha value is -2.70. The molecule has 2 heterocycles. The zero-order chi connectivity index (χ0) is 17.8. The minimum Gasteiger partial charge on any atom is -0.346 e. The molecule has 2 aromatic heterocycles. The maximum atomic E-state index is 12.4. The van der Waals surface area contributed by atoms with E-state index in [0.717, 1.165) is 35.6 Å². The second-order valence-electron chi connectivity index (χ2n) is 6.00. The first-order chi connectivity index (χ1) is 12.1. The number of hydrogen-bond acceptors (Lipinski definition) is 4. The first kappa shape index (κ1) is 17.1. The Morgan fingerprint density at radius 3 is 2.84 bits per heavy atom. The minimum atomic E-state index is -0.167. The maximum absolute atomic E-state index is 12.4. The van der Waals surface area contributed by atoms with E-state index in [0.29, 0.717) is 13.0 Å². The van der Waals surface area contributed by atoms with Crippen molar-refractivity contribution < 1.29 is 4.79 Å². The number of hydrogen-bond donors (Lipinski definition) is 1. The molecule has 0 unspecified atom stereocenters. The van der Waals surface area contributed by atoms with Gasteiger partial charge in [-0.3, -0.25) is 4.79 Å². The van der Waals surface area contributed by atoms with Gasteiger partial charge in [-0.1, -0.05) is 19.1 Å². The van der Waals surface area contributed by atoms with Crippen LogP contribution in [0.4, 0.5) is 0 Å². The van der Waals surface area contributed by atoms with Crippen molar-refractivity contribution in [2.75, 3.05) is 0 Å². The number of rotatable bonds is 7. The van der Waals surface area contributed by atoms with Crippen LogP contribution in [0.25, 0.3) is 11.0 Å². The summed E-state index contributed by atoms with van der Waals surface area (Å²) in [4.78, 5) is 21.3. The Morgan fingerprint density at radius 1 is 1.28 bits per heavy atom. The van der Waals surface area contributed by atoms with E-state index in [1.807, 2.05) is 38.1 Å². The van der Waals surface area contributed by atoms with Gasteiger partial charge in [0.25, 0.3) is 0 Å². The Balaban J connectivity index is 1.67. The predicted molar refractivity (Wildman–Crippen MR) is 96.0 cm³/mol. The number of nitrogens with one attached hydrogen (secondary N) is 1. The Morgan fingerprint density at radius 2 is 2.08 bits per heavy atom. The number of carbonyl (C=O) groups excluding carboxylic acids is 1. The van der Waals surface area contributed by atoms with E-state index in [9.17, 15) is 4.79 Å². The van der Waals surface area contributed by atoms with E-state index >= 15 is 0 Å². The van der Waals surface area contributed by atoms with Gasteiger partial charge in [0.15, 0.2) is 0 Å². The molecule has 0 aliphatic heterocycles. The highest BCUT2D eigenvalue weighted by atomic mass is 16.1. The molecule has 1 N–H and O–H groups in total. The molecule has 0 spiro atoms. The lowest BCUT2D eigenvalue weighted by atomic mass is 10.2. The fraction of sp³-hybridized carbons (Fsp3) is 0.444. The van der Waals surface area contributed by atoms with E-state index in [4.69, 9.17) is 0 Å². The largest absolute Gasteiger partial charge is 0.346 e. The normalized spacial score (nSPS) is 12.4. The van der Waals surface area contributed by atoms with Crippen LogP contribution in [-0.2, 0) is 24.3 Å². The topological polar surface area (TPSA) is 77.6 Å². The SMILES string of the molecule is CCc1nc2ccccc2n1CCC(=O)N[C@H](C)c1ncnn1CC. The van der Waals surface area contributed by atoms with E-state index in [1.54, 1.807) is 4.68 Å². The summed E-state index contributed by atoms with van der Waals surface area (Å²) in [6.07, 6.45) is 2.76. The number of amides is 1. The Labute approximate surface area is 147 Å². The summed E-state index contributed by atoms with van der Waals surface area (Å²) in [7, 11) is 0.